The van der Waals surface area contributed by atoms with E-state index in [9.17, 15) is 9.59 Å². The van der Waals surface area contributed by atoms with Gasteiger partial charge in [-0.2, -0.15) is 0 Å². The smallest absolute Gasteiger partial charge is 0.254 e. The molecule has 29 heavy (non-hydrogen) atoms. The van der Waals surface area contributed by atoms with Crippen molar-refractivity contribution < 1.29 is 9.59 Å². The molecular formula is C23H28N4O2. The van der Waals surface area contributed by atoms with Gasteiger partial charge in [0.1, 0.15) is 0 Å². The van der Waals surface area contributed by atoms with Gasteiger partial charge in [-0.05, 0) is 44.7 Å². The Morgan fingerprint density at radius 3 is 2.69 bits per heavy atom. The van der Waals surface area contributed by atoms with E-state index in [1.165, 1.54) is 0 Å². The number of amides is 2. The second-order valence-corrected chi connectivity index (χ2v) is 8.54. The van der Waals surface area contributed by atoms with Crippen LogP contribution in [0.15, 0.2) is 36.7 Å². The van der Waals surface area contributed by atoms with Crippen molar-refractivity contribution in [2.75, 3.05) is 19.6 Å². The van der Waals surface area contributed by atoms with Crippen LogP contribution in [0, 0.1) is 19.3 Å². The molecule has 2 amide bonds. The summed E-state index contributed by atoms with van der Waals surface area (Å²) < 4.78 is 0. The van der Waals surface area contributed by atoms with Gasteiger partial charge in [-0.15, -0.1) is 0 Å². The van der Waals surface area contributed by atoms with Gasteiger partial charge in [0.05, 0.1) is 24.1 Å². The molecule has 1 spiro atoms. The third-order valence-electron chi connectivity index (χ3n) is 6.26. The van der Waals surface area contributed by atoms with E-state index in [1.54, 1.807) is 12.4 Å². The maximum atomic E-state index is 13.1. The molecule has 0 radical (unpaired) electrons. The van der Waals surface area contributed by atoms with Crippen LogP contribution in [0.5, 0.6) is 0 Å². The summed E-state index contributed by atoms with van der Waals surface area (Å²) in [5.74, 6) is 0.274. The van der Waals surface area contributed by atoms with Gasteiger partial charge in [0.25, 0.3) is 5.91 Å². The lowest BCUT2D eigenvalue weighted by Crippen LogP contribution is -2.54. The van der Waals surface area contributed by atoms with Gasteiger partial charge >= 0.3 is 0 Å². The fourth-order valence-electron chi connectivity index (χ4n) is 4.64. The minimum atomic E-state index is -0.0252. The van der Waals surface area contributed by atoms with Crippen molar-refractivity contribution in [2.24, 2.45) is 5.41 Å². The molecule has 1 aromatic carbocycles. The normalized spacial score (nSPS) is 22.2. The van der Waals surface area contributed by atoms with Crippen LogP contribution in [0.4, 0.5) is 0 Å². The van der Waals surface area contributed by atoms with Crippen molar-refractivity contribution in [3.05, 3.63) is 59.2 Å². The molecule has 4 rings (SSSR count). The summed E-state index contributed by atoms with van der Waals surface area (Å²) in [6.45, 7) is 6.55. The summed E-state index contributed by atoms with van der Waals surface area (Å²) in [7, 11) is 0. The van der Waals surface area contributed by atoms with Crippen LogP contribution in [0.25, 0.3) is 0 Å². The van der Waals surface area contributed by atoms with E-state index in [0.29, 0.717) is 26.1 Å². The number of hydrogen-bond donors (Lipinski definition) is 0. The number of carbonyl (C=O) groups is 2. The second-order valence-electron chi connectivity index (χ2n) is 8.54. The molecule has 0 N–H and O–H groups in total. The van der Waals surface area contributed by atoms with Crippen LogP contribution >= 0.6 is 0 Å². The maximum Gasteiger partial charge on any atom is 0.254 e. The summed E-state index contributed by atoms with van der Waals surface area (Å²) >= 11 is 0. The maximum absolute atomic E-state index is 13.1. The van der Waals surface area contributed by atoms with Gasteiger partial charge in [-0.25, -0.2) is 0 Å². The zero-order chi connectivity index (χ0) is 20.4. The third kappa shape index (κ3) is 4.16. The number of likely N-dealkylation sites (tertiary alicyclic amines) is 2. The average molecular weight is 393 g/mol. The minimum Gasteiger partial charge on any atom is -0.338 e. The molecule has 0 unspecified atom stereocenters. The molecule has 2 fully saturated rings. The van der Waals surface area contributed by atoms with E-state index in [1.807, 2.05) is 47.9 Å². The quantitative estimate of drug-likeness (QED) is 0.805. The Hall–Kier alpha value is -2.76. The van der Waals surface area contributed by atoms with Crippen LogP contribution in [0.2, 0.25) is 0 Å². The fraction of sp³-hybridized carbons (Fsp3) is 0.478. The first kappa shape index (κ1) is 19.6. The van der Waals surface area contributed by atoms with Crippen molar-refractivity contribution in [3.8, 4) is 0 Å². The monoisotopic (exact) mass is 392 g/mol. The Morgan fingerprint density at radius 2 is 1.93 bits per heavy atom. The van der Waals surface area contributed by atoms with E-state index in [4.69, 9.17) is 0 Å². The third-order valence-corrected chi connectivity index (χ3v) is 6.26. The Bertz CT molecular complexity index is 911. The Morgan fingerprint density at radius 1 is 1.10 bits per heavy atom. The number of piperidine rings is 2. The molecule has 152 valence electrons. The molecule has 2 aliphatic heterocycles. The first-order chi connectivity index (χ1) is 14.0. The minimum absolute atomic E-state index is 0.0252. The molecule has 1 atom stereocenters. The molecule has 2 aromatic rings. The largest absolute Gasteiger partial charge is 0.338 e. The van der Waals surface area contributed by atoms with Crippen molar-refractivity contribution in [3.63, 3.8) is 0 Å². The highest BCUT2D eigenvalue weighted by molar-refractivity contribution is 5.95. The van der Waals surface area contributed by atoms with Crippen LogP contribution in [0.3, 0.4) is 0 Å². The van der Waals surface area contributed by atoms with Crippen molar-refractivity contribution in [2.45, 2.75) is 46.1 Å². The lowest BCUT2D eigenvalue weighted by Gasteiger charge is -2.48. The fourth-order valence-corrected chi connectivity index (χ4v) is 4.64. The average Bonchev–Trinajstić information content (AvgIpc) is 2.73. The van der Waals surface area contributed by atoms with E-state index >= 15 is 0 Å². The number of aromatic nitrogens is 2. The van der Waals surface area contributed by atoms with E-state index in [2.05, 4.69) is 9.97 Å². The van der Waals surface area contributed by atoms with Crippen LogP contribution < -0.4 is 0 Å². The lowest BCUT2D eigenvalue weighted by molar-refractivity contribution is -0.139. The summed E-state index contributed by atoms with van der Waals surface area (Å²) in [4.78, 5) is 38.3. The second kappa shape index (κ2) is 7.93. The Balaban J connectivity index is 1.49. The summed E-state index contributed by atoms with van der Waals surface area (Å²) in [6, 6.07) is 7.77. The van der Waals surface area contributed by atoms with E-state index < -0.39 is 0 Å². The van der Waals surface area contributed by atoms with Gasteiger partial charge in [0, 0.05) is 43.2 Å². The molecular weight excluding hydrogens is 364 g/mol. The predicted molar refractivity (Wildman–Crippen MR) is 110 cm³/mol. The number of nitrogens with zero attached hydrogens (tertiary/aromatic N) is 4. The van der Waals surface area contributed by atoms with Crippen LogP contribution in [0.1, 0.15) is 53.0 Å². The number of hydrogen-bond acceptors (Lipinski definition) is 4. The number of carbonyl (C=O) groups excluding carboxylic acids is 2. The molecule has 3 heterocycles. The van der Waals surface area contributed by atoms with E-state index in [-0.39, 0.29) is 17.2 Å². The highest BCUT2D eigenvalue weighted by atomic mass is 16.2. The van der Waals surface area contributed by atoms with Gasteiger partial charge in [0.15, 0.2) is 0 Å². The van der Waals surface area contributed by atoms with Crippen molar-refractivity contribution in [1.82, 2.24) is 19.8 Å². The van der Waals surface area contributed by atoms with Gasteiger partial charge in [-0.1, -0.05) is 18.2 Å². The number of aryl methyl sites for hydroxylation is 2. The first-order valence-electron chi connectivity index (χ1n) is 10.4. The molecule has 2 saturated heterocycles. The molecule has 6 nitrogen and oxygen atoms in total. The van der Waals surface area contributed by atoms with Gasteiger partial charge < -0.3 is 9.80 Å². The first-order valence-corrected chi connectivity index (χ1v) is 10.4. The molecule has 0 aliphatic carbocycles. The zero-order valence-corrected chi connectivity index (χ0v) is 17.2. The number of rotatable bonds is 3. The summed E-state index contributed by atoms with van der Waals surface area (Å²) in [5, 5.41) is 0. The molecule has 0 saturated carbocycles. The van der Waals surface area contributed by atoms with Crippen LogP contribution in [-0.4, -0.2) is 51.2 Å². The van der Waals surface area contributed by atoms with Crippen molar-refractivity contribution in [1.29, 1.82) is 0 Å². The zero-order valence-electron chi connectivity index (χ0n) is 17.2. The molecule has 6 heteroatoms. The van der Waals surface area contributed by atoms with Crippen LogP contribution in [-0.2, 0) is 11.3 Å². The topological polar surface area (TPSA) is 66.4 Å². The summed E-state index contributed by atoms with van der Waals surface area (Å²) in [6.07, 6.45) is 6.89. The highest BCUT2D eigenvalue weighted by Crippen LogP contribution is 2.39. The predicted octanol–water partition coefficient (Wildman–Crippen LogP) is 3.14. The van der Waals surface area contributed by atoms with Crippen molar-refractivity contribution >= 4 is 11.8 Å². The Labute approximate surface area is 172 Å². The van der Waals surface area contributed by atoms with Gasteiger partial charge in [-0.3, -0.25) is 19.6 Å². The molecule has 1 aromatic heterocycles. The number of benzene rings is 1. The summed E-state index contributed by atoms with van der Waals surface area (Å²) in [5.41, 5.74) is 3.44. The lowest BCUT2D eigenvalue weighted by atomic mass is 9.73. The molecule has 0 bridgehead atoms. The SMILES string of the molecule is Cc1cnc(CN2C[C@@]3(CCCN(C(=O)c4ccccc4C)C3)CCC2=O)cn1. The van der Waals surface area contributed by atoms with Gasteiger partial charge in [0.2, 0.25) is 5.91 Å². The molecule has 2 aliphatic rings. The Kier molecular flexibility index (Phi) is 5.35. The highest BCUT2D eigenvalue weighted by Gasteiger charge is 2.43. The standard InChI is InChI=1S/C23H28N4O2/c1-17-6-3-4-7-20(17)22(29)26-11-5-9-23(15-26)10-8-21(28)27(16-23)14-19-13-24-18(2)12-25-19/h3-4,6-7,12-13H,5,8-11,14-16H2,1-2H3/t23-/m0/s1. The van der Waals surface area contributed by atoms with E-state index in [0.717, 1.165) is 48.3 Å².